The molecule has 23 nitrogen and oxygen atoms in total. The van der Waals surface area contributed by atoms with Gasteiger partial charge in [0, 0.05) is 30.9 Å². The summed E-state index contributed by atoms with van der Waals surface area (Å²) in [7, 11) is -3.83. The molecule has 2 aromatic carbocycles. The van der Waals surface area contributed by atoms with Gasteiger partial charge < -0.3 is 35.3 Å². The van der Waals surface area contributed by atoms with Gasteiger partial charge in [0.1, 0.15) is 11.7 Å². The molecule has 1 saturated heterocycles. The van der Waals surface area contributed by atoms with Gasteiger partial charge in [0.25, 0.3) is 17.7 Å². The van der Waals surface area contributed by atoms with Crippen LogP contribution in [0.5, 0.6) is 0 Å². The number of anilines is 4. The van der Waals surface area contributed by atoms with Gasteiger partial charge >= 0.3 is 0 Å². The first-order chi connectivity index (χ1) is 31.4. The summed E-state index contributed by atoms with van der Waals surface area (Å²) < 4.78 is 53.2. The number of rotatable bonds is 24. The number of aromatic nitrogens is 6. The van der Waals surface area contributed by atoms with Crippen molar-refractivity contribution in [3.05, 3.63) is 87.4 Å². The lowest BCUT2D eigenvalue weighted by molar-refractivity contribution is -0.136. The Morgan fingerprint density at radius 2 is 1.66 bits per heavy atom. The van der Waals surface area contributed by atoms with Gasteiger partial charge in [0.05, 0.1) is 86.5 Å². The maximum absolute atomic E-state index is 13.2. The van der Waals surface area contributed by atoms with Crippen LogP contribution in [0.2, 0.25) is 0 Å². The topological polar surface area (TPSA) is 295 Å². The number of fused-ring (bicyclic) bond motifs is 1. The first kappa shape index (κ1) is 46.5. The van der Waals surface area contributed by atoms with Gasteiger partial charge in [0.15, 0.2) is 0 Å². The van der Waals surface area contributed by atoms with Crippen molar-refractivity contribution in [1.29, 1.82) is 0 Å². The number of imide groups is 2. The second kappa shape index (κ2) is 21.5. The van der Waals surface area contributed by atoms with Crippen molar-refractivity contribution in [2.24, 2.45) is 0 Å². The van der Waals surface area contributed by atoms with Gasteiger partial charge in [-0.1, -0.05) is 11.3 Å². The number of amides is 4. The van der Waals surface area contributed by atoms with Crippen molar-refractivity contribution >= 4 is 74.2 Å². The molecule has 1 atom stereocenters. The van der Waals surface area contributed by atoms with E-state index in [4.69, 9.17) is 24.7 Å². The highest BCUT2D eigenvalue weighted by atomic mass is 32.2. The van der Waals surface area contributed by atoms with Crippen LogP contribution in [-0.2, 0) is 51.7 Å². The molecule has 0 aliphatic carbocycles. The molecule has 4 amide bonds. The highest BCUT2D eigenvalue weighted by Gasteiger charge is 2.45. The first-order valence-electron chi connectivity index (χ1n) is 20.4. The molecule has 0 spiro atoms. The highest BCUT2D eigenvalue weighted by molar-refractivity contribution is 7.89. The fourth-order valence-corrected chi connectivity index (χ4v) is 8.57. The van der Waals surface area contributed by atoms with Crippen molar-refractivity contribution in [3.63, 3.8) is 0 Å². The largest absolute Gasteiger partial charge is 0.382 e. The molecule has 3 aromatic heterocycles. The van der Waals surface area contributed by atoms with Crippen LogP contribution in [0.15, 0.2) is 65.0 Å². The molecule has 65 heavy (non-hydrogen) atoms. The highest BCUT2D eigenvalue weighted by Crippen LogP contribution is 2.32. The molecule has 7 rings (SSSR count). The number of thiophene rings is 1. The van der Waals surface area contributed by atoms with E-state index in [9.17, 15) is 32.4 Å². The first-order valence-corrected chi connectivity index (χ1v) is 22.7. The zero-order chi connectivity index (χ0) is 45.9. The van der Waals surface area contributed by atoms with E-state index in [2.05, 4.69) is 41.1 Å². The molecular weight excluding hydrogens is 889 g/mol. The van der Waals surface area contributed by atoms with Gasteiger partial charge in [-0.05, 0) is 66.8 Å². The predicted octanol–water partition coefficient (Wildman–Crippen LogP) is 1.31. The van der Waals surface area contributed by atoms with Crippen LogP contribution in [0.25, 0.3) is 0 Å². The van der Waals surface area contributed by atoms with Crippen molar-refractivity contribution in [2.75, 3.05) is 75.7 Å². The molecule has 5 heterocycles. The number of carbonyl (C=O) groups is 5. The SMILES string of the molecule is Cc1ccsc1C(=O)n1nc(Nc2ccc(S(=O)(=O)NCCOCc3cn(CCOCCOCCOCCNc4cccc5c4C(=O)N(C4CCC(=O)NC4=O)C5=O)nn3)cc2)nc1N. The summed E-state index contributed by atoms with van der Waals surface area (Å²) in [5.74, 6) is -2.65. The van der Waals surface area contributed by atoms with E-state index in [1.807, 2.05) is 13.0 Å². The second-order valence-corrected chi connectivity index (χ2v) is 17.1. The van der Waals surface area contributed by atoms with Crippen LogP contribution < -0.4 is 26.4 Å². The molecule has 0 bridgehead atoms. The maximum atomic E-state index is 13.2. The van der Waals surface area contributed by atoms with Crippen molar-refractivity contribution in [1.82, 2.24) is 44.7 Å². The Kier molecular flexibility index (Phi) is 15.4. The molecule has 2 aliphatic rings. The summed E-state index contributed by atoms with van der Waals surface area (Å²) in [6, 6.07) is 11.6. The average molecular weight is 935 g/mol. The number of hydrogen-bond acceptors (Lipinski definition) is 19. The van der Waals surface area contributed by atoms with E-state index in [1.165, 1.54) is 41.7 Å². The van der Waals surface area contributed by atoms with E-state index in [1.54, 1.807) is 28.4 Å². The summed E-state index contributed by atoms with van der Waals surface area (Å²) in [6.45, 7) is 4.87. The molecular formula is C40H46N12O11S2. The molecule has 0 radical (unpaired) electrons. The number of nitrogens with two attached hydrogens (primary N) is 1. The zero-order valence-electron chi connectivity index (χ0n) is 35.1. The van der Waals surface area contributed by atoms with Crippen molar-refractivity contribution < 1.29 is 51.3 Å². The number of ether oxygens (including phenoxy) is 4. The Morgan fingerprint density at radius 1 is 0.923 bits per heavy atom. The number of aryl methyl sites for hydroxylation is 1. The summed E-state index contributed by atoms with van der Waals surface area (Å²) in [6.07, 6.45) is 1.84. The van der Waals surface area contributed by atoms with Gasteiger partial charge in [-0.15, -0.1) is 21.5 Å². The Labute approximate surface area is 376 Å². The number of nitrogen functional groups attached to an aromatic ring is 1. The number of piperidine rings is 1. The lowest BCUT2D eigenvalue weighted by atomic mass is 10.0. The number of nitrogens with zero attached hydrogens (tertiary/aromatic N) is 7. The van der Waals surface area contributed by atoms with E-state index in [-0.39, 0.29) is 60.5 Å². The van der Waals surface area contributed by atoms with Gasteiger partial charge in [-0.3, -0.25) is 34.2 Å². The Hall–Kier alpha value is -6.48. The number of carbonyl (C=O) groups excluding carboxylic acids is 5. The fraction of sp³-hybridized carbons (Fsp3) is 0.375. The van der Waals surface area contributed by atoms with E-state index in [0.29, 0.717) is 74.7 Å². The summed E-state index contributed by atoms with van der Waals surface area (Å²) in [5, 5.41) is 22.3. The van der Waals surface area contributed by atoms with Crippen LogP contribution in [0.3, 0.4) is 0 Å². The number of benzene rings is 2. The van der Waals surface area contributed by atoms with Crippen LogP contribution in [0.1, 0.15) is 54.5 Å². The minimum absolute atomic E-state index is 0.0209. The van der Waals surface area contributed by atoms with Gasteiger partial charge in [0.2, 0.25) is 33.7 Å². The normalized spacial score (nSPS) is 15.1. The zero-order valence-corrected chi connectivity index (χ0v) is 36.7. The van der Waals surface area contributed by atoms with Crippen LogP contribution in [0.4, 0.5) is 23.3 Å². The predicted molar refractivity (Wildman–Crippen MR) is 232 cm³/mol. The maximum Gasteiger partial charge on any atom is 0.291 e. The quantitative estimate of drug-likeness (QED) is 0.0430. The lowest BCUT2D eigenvalue weighted by Crippen LogP contribution is -2.54. The third-order valence-corrected chi connectivity index (χ3v) is 12.4. The van der Waals surface area contributed by atoms with Crippen LogP contribution in [-0.4, -0.2) is 138 Å². The smallest absolute Gasteiger partial charge is 0.291 e. The lowest BCUT2D eigenvalue weighted by Gasteiger charge is -2.27. The minimum Gasteiger partial charge on any atom is -0.382 e. The number of hydrogen-bond donors (Lipinski definition) is 5. The van der Waals surface area contributed by atoms with E-state index in [0.717, 1.165) is 15.1 Å². The average Bonchev–Trinajstić information content (AvgIpc) is 4.07. The summed E-state index contributed by atoms with van der Waals surface area (Å²) in [5.41, 5.74) is 8.60. The standard InChI is InChI=1S/C40H46N12O11S2/c1-25-11-22-64-34(25)38(57)52-39(41)46-40(48-52)44-26-5-7-28(8-6-26)65(58,59)43-13-16-63-24-27-23-50(49-47-27)14-17-61-19-21-62-20-18-60-15-12-42-30-4-2-3-29-33(30)37(56)51(36(29)55)31-9-10-32(53)45-35(31)54/h2-8,11,22-23,31,42-43H,9-10,12-21,24H2,1H3,(H,45,53,54)(H3,41,44,46,48). The molecule has 1 unspecified atom stereocenters. The molecule has 5 aromatic rings. The monoisotopic (exact) mass is 934 g/mol. The van der Waals surface area contributed by atoms with Crippen LogP contribution in [0, 0.1) is 6.92 Å². The fourth-order valence-electron chi connectivity index (χ4n) is 6.70. The Balaban J connectivity index is 0.704. The van der Waals surface area contributed by atoms with E-state index < -0.39 is 45.6 Å². The Bertz CT molecular complexity index is 2630. The van der Waals surface area contributed by atoms with Crippen molar-refractivity contribution in [3.8, 4) is 0 Å². The van der Waals surface area contributed by atoms with Crippen LogP contribution >= 0.6 is 11.3 Å². The Morgan fingerprint density at radius 3 is 2.40 bits per heavy atom. The van der Waals surface area contributed by atoms with Crippen molar-refractivity contribution in [2.45, 2.75) is 43.9 Å². The van der Waals surface area contributed by atoms with Gasteiger partial charge in [-0.2, -0.15) is 9.67 Å². The van der Waals surface area contributed by atoms with Gasteiger partial charge in [-0.25, -0.2) is 17.8 Å². The van der Waals surface area contributed by atoms with E-state index >= 15 is 0 Å². The molecule has 2 aliphatic heterocycles. The second-order valence-electron chi connectivity index (χ2n) is 14.5. The molecule has 25 heteroatoms. The molecule has 344 valence electrons. The number of nitrogens with one attached hydrogen (secondary N) is 4. The third kappa shape index (κ3) is 11.6. The molecule has 6 N–H and O–H groups in total. The minimum atomic E-state index is -3.83. The molecule has 1 fully saturated rings. The summed E-state index contributed by atoms with van der Waals surface area (Å²) in [4.78, 5) is 68.5. The third-order valence-electron chi connectivity index (χ3n) is 9.91. The summed E-state index contributed by atoms with van der Waals surface area (Å²) >= 11 is 1.28. The molecule has 0 saturated carbocycles. The number of sulfonamides is 1.